The molecule has 2 aromatic rings. The zero-order valence-corrected chi connectivity index (χ0v) is 26.6. The highest BCUT2D eigenvalue weighted by Gasteiger charge is 2.39. The summed E-state index contributed by atoms with van der Waals surface area (Å²) in [5.41, 5.74) is 0.930. The zero-order valence-electron chi connectivity index (χ0n) is 25.1. The van der Waals surface area contributed by atoms with E-state index in [9.17, 15) is 40.3 Å². The summed E-state index contributed by atoms with van der Waals surface area (Å²) in [5, 5.41) is 14.2. The highest BCUT2D eigenvalue weighted by Crippen LogP contribution is 2.30. The minimum Gasteiger partial charge on any atom is -0.475 e. The highest BCUT2D eigenvalue weighted by atomic mass is 35.5. The van der Waals surface area contributed by atoms with E-state index in [0.29, 0.717) is 39.6 Å². The highest BCUT2D eigenvalue weighted by molar-refractivity contribution is 7.18. The Balaban J connectivity index is 0.000000459. The van der Waals surface area contributed by atoms with Crippen molar-refractivity contribution in [2.24, 2.45) is 0 Å². The Kier molecular flexibility index (Phi) is 14.4. The second kappa shape index (κ2) is 17.1. The summed E-state index contributed by atoms with van der Waals surface area (Å²) >= 11 is 7.15. The molecular formula is C28H32ClF7N4O6S. The van der Waals surface area contributed by atoms with Crippen molar-refractivity contribution in [3.05, 3.63) is 50.9 Å². The maximum absolute atomic E-state index is 14.9. The third-order valence-corrected chi connectivity index (χ3v) is 8.13. The largest absolute Gasteiger partial charge is 0.490 e. The first-order chi connectivity index (χ1) is 21.7. The third kappa shape index (κ3) is 12.2. The quantitative estimate of drug-likeness (QED) is 0.404. The van der Waals surface area contributed by atoms with E-state index in [0.717, 1.165) is 43.9 Å². The number of thiophene rings is 1. The summed E-state index contributed by atoms with van der Waals surface area (Å²) in [6, 6.07) is 8.60. The van der Waals surface area contributed by atoms with E-state index in [1.807, 2.05) is 0 Å². The number of rotatable bonds is 5. The van der Waals surface area contributed by atoms with Gasteiger partial charge in [-0.15, -0.1) is 11.3 Å². The predicted octanol–water partition coefficient (Wildman–Crippen LogP) is 5.21. The summed E-state index contributed by atoms with van der Waals surface area (Å²) in [6.45, 7) is 9.56. The normalized spacial score (nSPS) is 16.3. The van der Waals surface area contributed by atoms with E-state index in [2.05, 4.69) is 23.6 Å². The number of benzene rings is 1. The maximum Gasteiger partial charge on any atom is 0.490 e. The van der Waals surface area contributed by atoms with Crippen LogP contribution in [0.2, 0.25) is 4.34 Å². The van der Waals surface area contributed by atoms with Crippen LogP contribution >= 0.6 is 22.9 Å². The van der Waals surface area contributed by atoms with Gasteiger partial charge in [0, 0.05) is 37.8 Å². The molecular weight excluding hydrogens is 689 g/mol. The van der Waals surface area contributed by atoms with E-state index in [1.54, 1.807) is 29.2 Å². The van der Waals surface area contributed by atoms with Gasteiger partial charge in [0.15, 0.2) is 0 Å². The SMILES string of the molecule is CC(C)N1CCCN(CCN2C(=O)CN(C(=O)c3ccc(Cl)s3)Cc3c(F)cccc32)CC1.O=C(O)C(F)(F)F.O=C(O)C(F)(F)F. The van der Waals surface area contributed by atoms with Crippen molar-refractivity contribution >= 4 is 52.4 Å². The molecule has 0 spiro atoms. The Morgan fingerprint density at radius 2 is 1.49 bits per heavy atom. The molecule has 3 heterocycles. The fourth-order valence-electron chi connectivity index (χ4n) is 4.53. The number of amides is 2. The number of aliphatic carboxylic acids is 2. The number of carbonyl (C=O) groups excluding carboxylic acids is 2. The molecule has 47 heavy (non-hydrogen) atoms. The average molecular weight is 721 g/mol. The zero-order chi connectivity index (χ0) is 35.7. The minimum atomic E-state index is -5.08. The van der Waals surface area contributed by atoms with Crippen molar-refractivity contribution in [3.8, 4) is 0 Å². The standard InChI is InChI=1S/C24H30ClFN4O2S.2C2HF3O2/c1-17(2)28-10-4-9-27(11-13-28)12-14-30-20-6-3-5-19(26)18(20)15-29(16-23(30)31)24(32)21-7-8-22(25)33-21;2*3-2(4,5)1(6)7/h3,5-8,17H,4,9-16H2,1-2H3;2*(H,6,7). The molecule has 0 unspecified atom stereocenters. The molecule has 1 aromatic carbocycles. The van der Waals surface area contributed by atoms with Gasteiger partial charge < -0.3 is 24.9 Å². The van der Waals surface area contributed by atoms with Gasteiger partial charge >= 0.3 is 24.3 Å². The Morgan fingerprint density at radius 3 is 2.00 bits per heavy atom. The lowest BCUT2D eigenvalue weighted by Gasteiger charge is -2.28. The number of anilines is 1. The lowest BCUT2D eigenvalue weighted by Crippen LogP contribution is -2.43. The van der Waals surface area contributed by atoms with Crippen molar-refractivity contribution in [1.82, 2.24) is 14.7 Å². The van der Waals surface area contributed by atoms with Gasteiger partial charge in [0.05, 0.1) is 21.4 Å². The third-order valence-electron chi connectivity index (χ3n) is 6.91. The van der Waals surface area contributed by atoms with Crippen molar-refractivity contribution in [2.45, 2.75) is 45.2 Å². The van der Waals surface area contributed by atoms with E-state index >= 15 is 0 Å². The smallest absolute Gasteiger partial charge is 0.475 e. The van der Waals surface area contributed by atoms with Gasteiger partial charge in [0.1, 0.15) is 12.4 Å². The lowest BCUT2D eigenvalue weighted by atomic mass is 10.1. The van der Waals surface area contributed by atoms with Crippen molar-refractivity contribution < 1.29 is 60.1 Å². The first-order valence-electron chi connectivity index (χ1n) is 13.9. The number of halogens is 8. The van der Waals surface area contributed by atoms with Gasteiger partial charge in [0.25, 0.3) is 5.91 Å². The first-order valence-corrected chi connectivity index (χ1v) is 15.1. The number of alkyl halides is 6. The van der Waals surface area contributed by atoms with Gasteiger partial charge in [-0.3, -0.25) is 14.5 Å². The van der Waals surface area contributed by atoms with E-state index < -0.39 is 30.1 Å². The molecule has 262 valence electrons. The van der Waals surface area contributed by atoms with E-state index in [4.69, 9.17) is 31.4 Å². The van der Waals surface area contributed by atoms with E-state index in [-0.39, 0.29) is 24.9 Å². The fourth-order valence-corrected chi connectivity index (χ4v) is 5.54. The predicted molar refractivity (Wildman–Crippen MR) is 158 cm³/mol. The average Bonchev–Trinajstić information content (AvgIpc) is 3.17. The Hall–Kier alpha value is -3.48. The van der Waals surface area contributed by atoms with Crippen LogP contribution in [0.15, 0.2) is 30.3 Å². The molecule has 10 nitrogen and oxygen atoms in total. The van der Waals surface area contributed by atoms with Crippen LogP contribution in [0, 0.1) is 5.82 Å². The number of hydrogen-bond donors (Lipinski definition) is 2. The molecule has 2 N–H and O–H groups in total. The summed E-state index contributed by atoms with van der Waals surface area (Å²) in [7, 11) is 0. The fraction of sp³-hybridized carbons (Fsp3) is 0.500. The Bertz CT molecular complexity index is 1380. The molecule has 2 amide bonds. The molecule has 1 saturated heterocycles. The van der Waals surface area contributed by atoms with Crippen LogP contribution in [-0.4, -0.2) is 113 Å². The number of carbonyl (C=O) groups is 4. The monoisotopic (exact) mass is 720 g/mol. The van der Waals surface area contributed by atoms with Crippen LogP contribution in [0.1, 0.15) is 35.5 Å². The van der Waals surface area contributed by atoms with Gasteiger partial charge in [-0.1, -0.05) is 17.7 Å². The number of carboxylic acids is 2. The van der Waals surface area contributed by atoms with Crippen molar-refractivity contribution in [2.75, 3.05) is 50.7 Å². The first kappa shape index (κ1) is 39.7. The topological polar surface area (TPSA) is 122 Å². The van der Waals surface area contributed by atoms with Crippen molar-refractivity contribution in [1.29, 1.82) is 0 Å². The molecule has 19 heteroatoms. The molecule has 0 atom stereocenters. The van der Waals surface area contributed by atoms with Crippen LogP contribution < -0.4 is 4.90 Å². The molecule has 1 aromatic heterocycles. The van der Waals surface area contributed by atoms with Crippen LogP contribution in [-0.2, 0) is 20.9 Å². The lowest BCUT2D eigenvalue weighted by molar-refractivity contribution is -0.193. The Morgan fingerprint density at radius 1 is 0.894 bits per heavy atom. The van der Waals surface area contributed by atoms with E-state index in [1.165, 1.54) is 11.0 Å². The van der Waals surface area contributed by atoms with Crippen molar-refractivity contribution in [3.63, 3.8) is 0 Å². The molecule has 0 saturated carbocycles. The maximum atomic E-state index is 14.9. The molecule has 2 aliphatic rings. The summed E-state index contributed by atoms with van der Waals surface area (Å²) < 4.78 is 78.8. The van der Waals surface area contributed by atoms with Crippen LogP contribution in [0.25, 0.3) is 0 Å². The number of carboxylic acid groups (broad SMARTS) is 2. The van der Waals surface area contributed by atoms with Crippen LogP contribution in [0.4, 0.5) is 36.4 Å². The molecule has 4 rings (SSSR count). The number of nitrogens with zero attached hydrogens (tertiary/aromatic N) is 4. The number of hydrogen-bond acceptors (Lipinski definition) is 7. The van der Waals surface area contributed by atoms with Gasteiger partial charge in [0.2, 0.25) is 5.91 Å². The van der Waals surface area contributed by atoms with Gasteiger partial charge in [-0.25, -0.2) is 14.0 Å². The minimum absolute atomic E-state index is 0.0473. The molecule has 2 aliphatic heterocycles. The second-order valence-corrected chi connectivity index (χ2v) is 12.2. The molecule has 0 aliphatic carbocycles. The van der Waals surface area contributed by atoms with Gasteiger partial charge in [-0.05, 0) is 57.6 Å². The molecule has 0 bridgehead atoms. The van der Waals surface area contributed by atoms with Crippen LogP contribution in [0.5, 0.6) is 0 Å². The molecule has 1 fully saturated rings. The molecule has 0 radical (unpaired) electrons. The Labute approximate surface area is 273 Å². The summed E-state index contributed by atoms with van der Waals surface area (Å²) in [5.74, 6) is -6.43. The number of fused-ring (bicyclic) bond motifs is 1. The summed E-state index contributed by atoms with van der Waals surface area (Å²) in [4.78, 5) is 52.5. The summed E-state index contributed by atoms with van der Waals surface area (Å²) in [6.07, 6.45) is -9.08. The van der Waals surface area contributed by atoms with Gasteiger partial charge in [-0.2, -0.15) is 26.3 Å². The second-order valence-electron chi connectivity index (χ2n) is 10.5. The van der Waals surface area contributed by atoms with Crippen LogP contribution in [0.3, 0.4) is 0 Å².